The molecular formula is C18H20N2O3S. The van der Waals surface area contributed by atoms with Crippen molar-refractivity contribution in [1.29, 1.82) is 0 Å². The first-order valence-electron chi connectivity index (χ1n) is 7.85. The van der Waals surface area contributed by atoms with Crippen molar-refractivity contribution >= 4 is 15.9 Å². The number of aromatic nitrogens is 1. The van der Waals surface area contributed by atoms with Crippen molar-refractivity contribution in [2.45, 2.75) is 23.8 Å². The molecule has 1 aromatic heterocycles. The first-order valence-corrected chi connectivity index (χ1v) is 9.74. The van der Waals surface area contributed by atoms with Gasteiger partial charge in [0.1, 0.15) is 11.5 Å². The van der Waals surface area contributed by atoms with Crippen LogP contribution < -0.4 is 10.1 Å². The minimum Gasteiger partial charge on any atom is -0.456 e. The zero-order chi connectivity index (χ0) is 17.0. The SMILES string of the molecule is CS(=O)(=O)c1cccc(Oc2cncc(C=C[C@@H]3CCCN3)c2)c1. The molecule has 1 atom stereocenters. The summed E-state index contributed by atoms with van der Waals surface area (Å²) in [7, 11) is -3.26. The molecule has 0 aliphatic carbocycles. The number of nitrogens with zero attached hydrogens (tertiary/aromatic N) is 1. The smallest absolute Gasteiger partial charge is 0.175 e. The Balaban J connectivity index is 1.75. The van der Waals surface area contributed by atoms with E-state index in [0.717, 1.165) is 18.5 Å². The number of sulfone groups is 1. The Labute approximate surface area is 142 Å². The minimum absolute atomic E-state index is 0.233. The minimum atomic E-state index is -3.26. The van der Waals surface area contributed by atoms with Gasteiger partial charge in [0, 0.05) is 18.5 Å². The number of nitrogens with one attached hydrogen (secondary N) is 1. The van der Waals surface area contributed by atoms with Gasteiger partial charge in [-0.15, -0.1) is 0 Å². The van der Waals surface area contributed by atoms with Crippen LogP contribution in [0.5, 0.6) is 11.5 Å². The molecule has 1 aliphatic rings. The molecule has 126 valence electrons. The highest BCUT2D eigenvalue weighted by molar-refractivity contribution is 7.90. The van der Waals surface area contributed by atoms with Crippen molar-refractivity contribution in [3.63, 3.8) is 0 Å². The molecule has 1 saturated heterocycles. The van der Waals surface area contributed by atoms with Crippen LogP contribution in [0.4, 0.5) is 0 Å². The molecule has 1 aliphatic heterocycles. The zero-order valence-electron chi connectivity index (χ0n) is 13.5. The van der Waals surface area contributed by atoms with E-state index in [1.165, 1.54) is 18.7 Å². The predicted octanol–water partition coefficient (Wildman–Crippen LogP) is 3.04. The lowest BCUT2D eigenvalue weighted by molar-refractivity contribution is 0.478. The second kappa shape index (κ2) is 7.15. The second-order valence-corrected chi connectivity index (χ2v) is 7.88. The Morgan fingerprint density at radius 1 is 1.25 bits per heavy atom. The fourth-order valence-electron chi connectivity index (χ4n) is 2.59. The lowest BCUT2D eigenvalue weighted by atomic mass is 10.2. The van der Waals surface area contributed by atoms with Gasteiger partial charge < -0.3 is 10.1 Å². The standard InChI is InChI=1S/C18H20N2O3S/c1-24(21,22)18-6-2-5-16(11-18)23-17-10-14(12-19-13-17)7-8-15-4-3-9-20-15/h2,5-8,10-13,15,20H,3-4,9H2,1H3/t15-/m0/s1. The molecule has 0 bridgehead atoms. The highest BCUT2D eigenvalue weighted by Gasteiger charge is 2.10. The summed E-state index contributed by atoms with van der Waals surface area (Å²) in [5, 5.41) is 3.41. The van der Waals surface area contributed by atoms with Gasteiger partial charge in [-0.1, -0.05) is 18.2 Å². The van der Waals surface area contributed by atoms with Crippen LogP contribution >= 0.6 is 0 Å². The Hall–Kier alpha value is -2.18. The zero-order valence-corrected chi connectivity index (χ0v) is 14.3. The molecule has 0 radical (unpaired) electrons. The largest absolute Gasteiger partial charge is 0.456 e. The van der Waals surface area contributed by atoms with Crippen LogP contribution in [0.2, 0.25) is 0 Å². The Morgan fingerprint density at radius 3 is 2.88 bits per heavy atom. The molecular weight excluding hydrogens is 324 g/mol. The number of benzene rings is 1. The fraction of sp³-hybridized carbons (Fsp3) is 0.278. The lowest BCUT2D eigenvalue weighted by Gasteiger charge is -2.07. The van der Waals surface area contributed by atoms with E-state index < -0.39 is 9.84 Å². The molecule has 1 fully saturated rings. The van der Waals surface area contributed by atoms with Gasteiger partial charge in [-0.3, -0.25) is 4.98 Å². The second-order valence-electron chi connectivity index (χ2n) is 5.87. The van der Waals surface area contributed by atoms with E-state index in [9.17, 15) is 8.42 Å². The van der Waals surface area contributed by atoms with Crippen LogP contribution in [0, 0.1) is 0 Å². The van der Waals surface area contributed by atoms with Gasteiger partial charge >= 0.3 is 0 Å². The van der Waals surface area contributed by atoms with E-state index in [4.69, 9.17) is 4.74 Å². The normalized spacial score (nSPS) is 18.1. The molecule has 2 heterocycles. The van der Waals surface area contributed by atoms with E-state index in [2.05, 4.69) is 16.4 Å². The van der Waals surface area contributed by atoms with Crippen molar-refractivity contribution in [1.82, 2.24) is 10.3 Å². The van der Waals surface area contributed by atoms with E-state index in [1.54, 1.807) is 30.6 Å². The van der Waals surface area contributed by atoms with Gasteiger partial charge in [0.05, 0.1) is 11.1 Å². The van der Waals surface area contributed by atoms with Gasteiger partial charge in [0.2, 0.25) is 0 Å². The fourth-order valence-corrected chi connectivity index (χ4v) is 3.25. The summed E-state index contributed by atoms with van der Waals surface area (Å²) >= 11 is 0. The molecule has 1 N–H and O–H groups in total. The van der Waals surface area contributed by atoms with Crippen LogP contribution in [0.1, 0.15) is 18.4 Å². The van der Waals surface area contributed by atoms with Gasteiger partial charge in [-0.05, 0) is 49.2 Å². The van der Waals surface area contributed by atoms with Crippen molar-refractivity contribution in [3.05, 3.63) is 54.4 Å². The van der Waals surface area contributed by atoms with Crippen molar-refractivity contribution in [3.8, 4) is 11.5 Å². The summed E-state index contributed by atoms with van der Waals surface area (Å²) in [6, 6.07) is 8.75. The molecule has 2 aromatic rings. The Bertz CT molecular complexity index is 841. The van der Waals surface area contributed by atoms with Gasteiger partial charge in [-0.2, -0.15) is 0 Å². The summed E-state index contributed by atoms with van der Waals surface area (Å²) < 4.78 is 29.0. The van der Waals surface area contributed by atoms with Gasteiger partial charge in [0.25, 0.3) is 0 Å². The van der Waals surface area contributed by atoms with Crippen LogP contribution in [0.3, 0.4) is 0 Å². The number of hydrogen-bond acceptors (Lipinski definition) is 5. The molecule has 3 rings (SSSR count). The summed E-state index contributed by atoms with van der Waals surface area (Å²) in [4.78, 5) is 4.42. The predicted molar refractivity (Wildman–Crippen MR) is 93.9 cm³/mol. The van der Waals surface area contributed by atoms with Crippen molar-refractivity contribution < 1.29 is 13.2 Å². The molecule has 5 nitrogen and oxygen atoms in total. The third-order valence-corrected chi connectivity index (χ3v) is 4.93. The number of hydrogen-bond donors (Lipinski definition) is 1. The summed E-state index contributed by atoms with van der Waals surface area (Å²) in [6.45, 7) is 1.06. The Morgan fingerprint density at radius 2 is 2.12 bits per heavy atom. The lowest BCUT2D eigenvalue weighted by Crippen LogP contribution is -2.17. The first-order chi connectivity index (χ1) is 11.5. The molecule has 6 heteroatoms. The molecule has 0 saturated carbocycles. The summed E-state index contributed by atoms with van der Waals surface area (Å²) in [5.41, 5.74) is 0.945. The third kappa shape index (κ3) is 4.43. The monoisotopic (exact) mass is 344 g/mol. The first kappa shape index (κ1) is 16.7. The average Bonchev–Trinajstić information content (AvgIpc) is 3.06. The molecule has 0 spiro atoms. The molecule has 24 heavy (non-hydrogen) atoms. The van der Waals surface area contributed by atoms with E-state index in [-0.39, 0.29) is 4.90 Å². The maximum atomic E-state index is 11.6. The quantitative estimate of drug-likeness (QED) is 0.903. The van der Waals surface area contributed by atoms with Crippen LogP contribution in [-0.2, 0) is 9.84 Å². The van der Waals surface area contributed by atoms with Crippen LogP contribution in [-0.4, -0.2) is 32.2 Å². The third-order valence-electron chi connectivity index (χ3n) is 3.82. The van der Waals surface area contributed by atoms with Crippen molar-refractivity contribution in [2.24, 2.45) is 0 Å². The average molecular weight is 344 g/mol. The molecule has 1 aromatic carbocycles. The Kier molecular flexibility index (Phi) is 4.97. The summed E-state index contributed by atoms with van der Waals surface area (Å²) in [5.74, 6) is 1.04. The highest BCUT2D eigenvalue weighted by Crippen LogP contribution is 2.24. The molecule has 0 unspecified atom stereocenters. The topological polar surface area (TPSA) is 68.3 Å². The molecule has 0 amide bonds. The van der Waals surface area contributed by atoms with E-state index >= 15 is 0 Å². The van der Waals surface area contributed by atoms with E-state index in [0.29, 0.717) is 17.5 Å². The number of pyridine rings is 1. The number of ether oxygens (including phenoxy) is 1. The van der Waals surface area contributed by atoms with E-state index in [1.807, 2.05) is 12.1 Å². The van der Waals surface area contributed by atoms with Gasteiger partial charge in [0.15, 0.2) is 9.84 Å². The summed E-state index contributed by atoms with van der Waals surface area (Å²) in [6.07, 6.45) is 11.1. The van der Waals surface area contributed by atoms with Crippen molar-refractivity contribution in [2.75, 3.05) is 12.8 Å². The highest BCUT2D eigenvalue weighted by atomic mass is 32.2. The maximum Gasteiger partial charge on any atom is 0.175 e. The maximum absolute atomic E-state index is 11.6. The van der Waals surface area contributed by atoms with Crippen LogP contribution in [0.15, 0.2) is 53.7 Å². The number of rotatable bonds is 5. The van der Waals surface area contributed by atoms with Crippen LogP contribution in [0.25, 0.3) is 6.08 Å². The van der Waals surface area contributed by atoms with Gasteiger partial charge in [-0.25, -0.2) is 8.42 Å².